The second kappa shape index (κ2) is 8.94. The van der Waals surface area contributed by atoms with Crippen LogP contribution in [0.2, 0.25) is 0 Å². The third-order valence-electron chi connectivity index (χ3n) is 4.11. The van der Waals surface area contributed by atoms with Crippen LogP contribution >= 0.6 is 0 Å². The van der Waals surface area contributed by atoms with Crippen LogP contribution < -0.4 is 10.6 Å². The summed E-state index contributed by atoms with van der Waals surface area (Å²) in [5.74, 6) is 0.480. The molecule has 2 heterocycles. The van der Waals surface area contributed by atoms with Crippen LogP contribution in [-0.2, 0) is 4.74 Å². The summed E-state index contributed by atoms with van der Waals surface area (Å²) in [6.07, 6.45) is 1.54. The highest BCUT2D eigenvalue weighted by molar-refractivity contribution is 5.94. The van der Waals surface area contributed by atoms with E-state index in [1.807, 2.05) is 6.07 Å². The number of nitrogens with one attached hydrogen (secondary N) is 2. The molecular weight excluding hydrogens is 330 g/mol. The molecule has 7 heteroatoms. The molecule has 2 aromatic rings. The van der Waals surface area contributed by atoms with Crippen molar-refractivity contribution in [3.8, 4) is 6.07 Å². The van der Waals surface area contributed by atoms with E-state index in [-0.39, 0.29) is 5.91 Å². The number of carbonyl (C=O) groups excluding carboxylic acids is 1. The number of pyridine rings is 1. The first-order valence-electron chi connectivity index (χ1n) is 8.56. The monoisotopic (exact) mass is 351 g/mol. The van der Waals surface area contributed by atoms with Crippen molar-refractivity contribution in [3.05, 3.63) is 53.7 Å². The molecule has 1 saturated heterocycles. The molecule has 1 aliphatic rings. The topological polar surface area (TPSA) is 90.3 Å². The molecule has 1 aromatic carbocycles. The summed E-state index contributed by atoms with van der Waals surface area (Å²) < 4.78 is 5.30. The van der Waals surface area contributed by atoms with E-state index < -0.39 is 0 Å². The van der Waals surface area contributed by atoms with Gasteiger partial charge in [0.15, 0.2) is 0 Å². The Balaban J connectivity index is 1.50. The first-order valence-corrected chi connectivity index (χ1v) is 8.56. The van der Waals surface area contributed by atoms with Crippen LogP contribution in [0.3, 0.4) is 0 Å². The molecular formula is C19H21N5O2. The van der Waals surface area contributed by atoms with Crippen molar-refractivity contribution in [3.63, 3.8) is 0 Å². The first-order chi connectivity index (χ1) is 12.7. The summed E-state index contributed by atoms with van der Waals surface area (Å²) >= 11 is 0. The van der Waals surface area contributed by atoms with Crippen molar-refractivity contribution in [1.29, 1.82) is 5.26 Å². The van der Waals surface area contributed by atoms with Crippen molar-refractivity contribution < 1.29 is 9.53 Å². The number of anilines is 2. The van der Waals surface area contributed by atoms with Gasteiger partial charge < -0.3 is 15.4 Å². The standard InChI is InChI=1S/C19H21N5O2/c20-13-15-2-1-3-17(12-15)23-18-5-4-16(14-22-18)19(25)21-6-7-24-8-10-26-11-9-24/h1-5,12,14H,6-11H2,(H,21,25)(H,22,23). The third kappa shape index (κ3) is 5.02. The van der Waals surface area contributed by atoms with Gasteiger partial charge in [0.05, 0.1) is 30.4 Å². The fourth-order valence-electron chi connectivity index (χ4n) is 2.67. The van der Waals surface area contributed by atoms with Gasteiger partial charge in [-0.25, -0.2) is 4.98 Å². The van der Waals surface area contributed by atoms with E-state index in [9.17, 15) is 4.79 Å². The molecule has 134 valence electrons. The van der Waals surface area contributed by atoms with E-state index in [4.69, 9.17) is 10.00 Å². The molecule has 26 heavy (non-hydrogen) atoms. The maximum atomic E-state index is 12.2. The van der Waals surface area contributed by atoms with E-state index in [1.165, 1.54) is 0 Å². The van der Waals surface area contributed by atoms with Crippen LogP contribution in [0.15, 0.2) is 42.6 Å². The molecule has 1 aliphatic heterocycles. The lowest BCUT2D eigenvalue weighted by Gasteiger charge is -2.26. The normalized spacial score (nSPS) is 14.4. The lowest BCUT2D eigenvalue weighted by molar-refractivity contribution is 0.0383. The minimum atomic E-state index is -0.135. The molecule has 1 aromatic heterocycles. The van der Waals surface area contributed by atoms with Gasteiger partial charge in [-0.05, 0) is 30.3 Å². The summed E-state index contributed by atoms with van der Waals surface area (Å²) in [4.78, 5) is 18.7. The number of aromatic nitrogens is 1. The van der Waals surface area contributed by atoms with Gasteiger partial charge in [0.1, 0.15) is 5.82 Å². The zero-order valence-electron chi connectivity index (χ0n) is 14.4. The van der Waals surface area contributed by atoms with Gasteiger partial charge in [0.2, 0.25) is 0 Å². The summed E-state index contributed by atoms with van der Waals surface area (Å²) in [6.45, 7) is 4.74. The van der Waals surface area contributed by atoms with Gasteiger partial charge in [-0.3, -0.25) is 9.69 Å². The zero-order chi connectivity index (χ0) is 18.2. The molecule has 0 aliphatic carbocycles. The number of ether oxygens (including phenoxy) is 1. The minimum absolute atomic E-state index is 0.135. The van der Waals surface area contributed by atoms with Gasteiger partial charge in [0.25, 0.3) is 5.91 Å². The molecule has 3 rings (SSSR count). The Labute approximate surface area is 152 Å². The van der Waals surface area contributed by atoms with E-state index in [2.05, 4.69) is 26.6 Å². The molecule has 0 radical (unpaired) electrons. The molecule has 0 unspecified atom stereocenters. The van der Waals surface area contributed by atoms with E-state index in [1.54, 1.807) is 36.5 Å². The summed E-state index contributed by atoms with van der Waals surface area (Å²) in [5.41, 5.74) is 1.87. The predicted octanol–water partition coefficient (Wildman–Crippen LogP) is 1.76. The maximum Gasteiger partial charge on any atom is 0.252 e. The molecule has 0 spiro atoms. The van der Waals surface area contributed by atoms with E-state index in [0.717, 1.165) is 38.5 Å². The second-order valence-corrected chi connectivity index (χ2v) is 5.96. The summed E-state index contributed by atoms with van der Waals surface area (Å²) in [7, 11) is 0. The number of morpholine rings is 1. The molecule has 7 nitrogen and oxygen atoms in total. The van der Waals surface area contributed by atoms with Crippen molar-refractivity contribution in [2.75, 3.05) is 44.7 Å². The fraction of sp³-hybridized carbons (Fsp3) is 0.316. The number of rotatable bonds is 6. The number of hydrogen-bond donors (Lipinski definition) is 2. The van der Waals surface area contributed by atoms with Gasteiger partial charge in [-0.15, -0.1) is 0 Å². The maximum absolute atomic E-state index is 12.2. The van der Waals surface area contributed by atoms with Gasteiger partial charge >= 0.3 is 0 Å². The fourth-order valence-corrected chi connectivity index (χ4v) is 2.67. The Morgan fingerprint density at radius 3 is 2.85 bits per heavy atom. The van der Waals surface area contributed by atoms with Gasteiger partial charge in [-0.2, -0.15) is 5.26 Å². The highest BCUT2D eigenvalue weighted by atomic mass is 16.5. The minimum Gasteiger partial charge on any atom is -0.379 e. The van der Waals surface area contributed by atoms with E-state index >= 15 is 0 Å². The number of carbonyl (C=O) groups is 1. The SMILES string of the molecule is N#Cc1cccc(Nc2ccc(C(=O)NCCN3CCOCC3)cn2)c1. The van der Waals surface area contributed by atoms with Crippen LogP contribution in [0, 0.1) is 11.3 Å². The Bertz CT molecular complexity index is 779. The molecule has 0 saturated carbocycles. The lowest BCUT2D eigenvalue weighted by Crippen LogP contribution is -2.41. The predicted molar refractivity (Wildman–Crippen MR) is 98.3 cm³/mol. The van der Waals surface area contributed by atoms with Crippen LogP contribution in [0.4, 0.5) is 11.5 Å². The molecule has 0 atom stereocenters. The van der Waals surface area contributed by atoms with Crippen molar-refractivity contribution in [2.24, 2.45) is 0 Å². The van der Waals surface area contributed by atoms with Crippen LogP contribution in [-0.4, -0.2) is 55.2 Å². The summed E-state index contributed by atoms with van der Waals surface area (Å²) in [6, 6.07) is 12.7. The van der Waals surface area contributed by atoms with Crippen molar-refractivity contribution in [2.45, 2.75) is 0 Å². The van der Waals surface area contributed by atoms with Crippen LogP contribution in [0.25, 0.3) is 0 Å². The zero-order valence-corrected chi connectivity index (χ0v) is 14.4. The van der Waals surface area contributed by atoms with Gasteiger partial charge in [0, 0.05) is 38.1 Å². The number of nitriles is 1. The van der Waals surface area contributed by atoms with E-state index in [0.29, 0.717) is 23.5 Å². The second-order valence-electron chi connectivity index (χ2n) is 5.96. The summed E-state index contributed by atoms with van der Waals surface area (Å²) in [5, 5.41) is 15.0. The molecule has 2 N–H and O–H groups in total. The van der Waals surface area contributed by atoms with Gasteiger partial charge in [-0.1, -0.05) is 6.07 Å². The average molecular weight is 351 g/mol. The Morgan fingerprint density at radius 1 is 1.27 bits per heavy atom. The Morgan fingerprint density at radius 2 is 2.12 bits per heavy atom. The third-order valence-corrected chi connectivity index (χ3v) is 4.11. The largest absolute Gasteiger partial charge is 0.379 e. The Kier molecular flexibility index (Phi) is 6.14. The van der Waals surface area contributed by atoms with Crippen LogP contribution in [0.1, 0.15) is 15.9 Å². The molecule has 0 bridgehead atoms. The smallest absolute Gasteiger partial charge is 0.252 e. The number of amides is 1. The lowest BCUT2D eigenvalue weighted by atomic mass is 10.2. The Hall–Kier alpha value is -2.95. The van der Waals surface area contributed by atoms with Crippen LogP contribution in [0.5, 0.6) is 0 Å². The van der Waals surface area contributed by atoms with Crippen molar-refractivity contribution >= 4 is 17.4 Å². The van der Waals surface area contributed by atoms with Crippen molar-refractivity contribution in [1.82, 2.24) is 15.2 Å². The molecule has 1 amide bonds. The number of nitrogens with zero attached hydrogens (tertiary/aromatic N) is 3. The number of benzene rings is 1. The highest BCUT2D eigenvalue weighted by Crippen LogP contribution is 2.16. The average Bonchev–Trinajstić information content (AvgIpc) is 2.69. The first kappa shape index (κ1) is 17.9. The highest BCUT2D eigenvalue weighted by Gasteiger charge is 2.11. The number of hydrogen-bond acceptors (Lipinski definition) is 6. The molecule has 1 fully saturated rings. The quantitative estimate of drug-likeness (QED) is 0.824.